The van der Waals surface area contributed by atoms with Gasteiger partial charge in [0.1, 0.15) is 0 Å². The molecule has 108 valence electrons. The summed E-state index contributed by atoms with van der Waals surface area (Å²) >= 11 is 17.3. The van der Waals surface area contributed by atoms with Crippen molar-refractivity contribution < 1.29 is 4.79 Å². The van der Waals surface area contributed by atoms with E-state index in [-0.39, 0.29) is 6.04 Å². The van der Waals surface area contributed by atoms with Crippen LogP contribution in [0.3, 0.4) is 0 Å². The molecule has 2 rings (SSSR count). The first-order valence-corrected chi connectivity index (χ1v) is 7.70. The van der Waals surface area contributed by atoms with Crippen LogP contribution in [0, 0.1) is 0 Å². The fourth-order valence-corrected chi connectivity index (χ4v) is 2.66. The monoisotopic (exact) mass is 331 g/mol. The van der Waals surface area contributed by atoms with Crippen LogP contribution >= 0.6 is 34.8 Å². The summed E-state index contributed by atoms with van der Waals surface area (Å²) < 4.78 is -1.92. The van der Waals surface area contributed by atoms with Gasteiger partial charge in [0.15, 0.2) is 0 Å². The fraction of sp³-hybridized carbons (Fsp3) is 0.400. The normalized spacial score (nSPS) is 18.9. The molecule has 1 unspecified atom stereocenters. The molecular formula is C15H16Cl3NO. The molecule has 5 heteroatoms. The van der Waals surface area contributed by atoms with Crippen LogP contribution in [0.4, 0.5) is 0 Å². The maximum Gasteiger partial charge on any atom is 0.275 e. The highest BCUT2D eigenvalue weighted by Gasteiger charge is 2.37. The third kappa shape index (κ3) is 4.15. The number of hydrogen-bond acceptors (Lipinski definition) is 1. The summed E-state index contributed by atoms with van der Waals surface area (Å²) in [5, 5.41) is 0. The van der Waals surface area contributed by atoms with Crippen LogP contribution < -0.4 is 0 Å². The minimum Gasteiger partial charge on any atom is -0.328 e. The maximum atomic E-state index is 12.4. The van der Waals surface area contributed by atoms with Gasteiger partial charge in [-0.15, -0.1) is 0 Å². The van der Waals surface area contributed by atoms with Crippen LogP contribution in [0.25, 0.3) is 0 Å². The zero-order valence-corrected chi connectivity index (χ0v) is 13.2. The molecule has 0 spiro atoms. The Morgan fingerprint density at radius 3 is 2.50 bits per heavy atom. The van der Waals surface area contributed by atoms with Gasteiger partial charge < -0.3 is 4.90 Å². The maximum absolute atomic E-state index is 12.4. The molecule has 20 heavy (non-hydrogen) atoms. The van der Waals surface area contributed by atoms with Crippen LogP contribution in [-0.2, 0) is 11.3 Å². The van der Waals surface area contributed by atoms with E-state index in [4.69, 9.17) is 34.8 Å². The molecule has 0 saturated carbocycles. The molecular weight excluding hydrogens is 317 g/mol. The molecule has 0 bridgehead atoms. The first-order chi connectivity index (χ1) is 9.48. The van der Waals surface area contributed by atoms with Crippen molar-refractivity contribution in [1.29, 1.82) is 0 Å². The van der Waals surface area contributed by atoms with Gasteiger partial charge in [-0.1, -0.05) is 77.3 Å². The van der Waals surface area contributed by atoms with Gasteiger partial charge in [0, 0.05) is 6.54 Å². The largest absolute Gasteiger partial charge is 0.328 e. The Balaban J connectivity index is 2.22. The molecule has 0 fully saturated rings. The lowest BCUT2D eigenvalue weighted by Gasteiger charge is -2.33. The third-order valence-corrected chi connectivity index (χ3v) is 3.81. The smallest absolute Gasteiger partial charge is 0.275 e. The SMILES string of the molecule is O=C(N(Cc1ccccc1)C1C=CCCC1)C(Cl)(Cl)Cl. The van der Waals surface area contributed by atoms with Gasteiger partial charge in [0.2, 0.25) is 0 Å². The van der Waals surface area contributed by atoms with Crippen molar-refractivity contribution in [1.82, 2.24) is 4.90 Å². The minimum absolute atomic E-state index is 0.00733. The number of halogens is 3. The van der Waals surface area contributed by atoms with E-state index in [1.807, 2.05) is 36.4 Å². The topological polar surface area (TPSA) is 20.3 Å². The van der Waals surface area contributed by atoms with E-state index in [2.05, 4.69) is 6.08 Å². The predicted octanol–water partition coefficient (Wildman–Crippen LogP) is 4.49. The number of benzene rings is 1. The lowest BCUT2D eigenvalue weighted by molar-refractivity contribution is -0.132. The predicted molar refractivity (Wildman–Crippen MR) is 84.1 cm³/mol. The van der Waals surface area contributed by atoms with Gasteiger partial charge in [0.05, 0.1) is 6.04 Å². The number of rotatable bonds is 3. The van der Waals surface area contributed by atoms with E-state index in [1.54, 1.807) is 4.90 Å². The van der Waals surface area contributed by atoms with Crippen molar-refractivity contribution in [2.45, 2.75) is 35.6 Å². The molecule has 0 radical (unpaired) electrons. The Morgan fingerprint density at radius 1 is 1.25 bits per heavy atom. The van der Waals surface area contributed by atoms with E-state index in [9.17, 15) is 4.79 Å². The van der Waals surface area contributed by atoms with Gasteiger partial charge in [-0.3, -0.25) is 4.79 Å². The number of carbonyl (C=O) groups is 1. The van der Waals surface area contributed by atoms with E-state index >= 15 is 0 Å². The number of allylic oxidation sites excluding steroid dienone is 1. The number of hydrogen-bond donors (Lipinski definition) is 0. The van der Waals surface area contributed by atoms with Crippen molar-refractivity contribution in [3.8, 4) is 0 Å². The Hall–Kier alpha value is -0.700. The number of amides is 1. The van der Waals surface area contributed by atoms with Gasteiger partial charge in [-0.05, 0) is 24.8 Å². The number of alkyl halides is 3. The average Bonchev–Trinajstić information content (AvgIpc) is 2.45. The van der Waals surface area contributed by atoms with Crippen LogP contribution in [-0.4, -0.2) is 20.6 Å². The summed E-state index contributed by atoms with van der Waals surface area (Å²) in [5.41, 5.74) is 1.02. The van der Waals surface area contributed by atoms with Crippen molar-refractivity contribution >= 4 is 40.7 Å². The average molecular weight is 333 g/mol. The summed E-state index contributed by atoms with van der Waals surface area (Å²) in [6.45, 7) is 0.447. The molecule has 0 heterocycles. The van der Waals surface area contributed by atoms with Gasteiger partial charge in [-0.2, -0.15) is 0 Å². The van der Waals surface area contributed by atoms with E-state index < -0.39 is 9.70 Å². The Kier molecular flexibility index (Phi) is 5.36. The molecule has 1 atom stereocenters. The van der Waals surface area contributed by atoms with Crippen molar-refractivity contribution in [3.05, 3.63) is 48.0 Å². The molecule has 1 aromatic carbocycles. The molecule has 2 nitrogen and oxygen atoms in total. The molecule has 1 aromatic rings. The first-order valence-electron chi connectivity index (χ1n) is 6.57. The Morgan fingerprint density at radius 2 is 1.95 bits per heavy atom. The minimum atomic E-state index is -1.92. The highest BCUT2D eigenvalue weighted by Crippen LogP contribution is 2.31. The Bertz CT molecular complexity index is 482. The lowest BCUT2D eigenvalue weighted by atomic mass is 10.0. The molecule has 0 N–H and O–H groups in total. The summed E-state index contributed by atoms with van der Waals surface area (Å²) in [5.74, 6) is -0.470. The van der Waals surface area contributed by atoms with Crippen LogP contribution in [0.1, 0.15) is 24.8 Å². The quantitative estimate of drug-likeness (QED) is 0.590. The van der Waals surface area contributed by atoms with E-state index in [1.165, 1.54) is 0 Å². The fourth-order valence-electron chi connectivity index (χ4n) is 2.34. The van der Waals surface area contributed by atoms with Crippen LogP contribution in [0.2, 0.25) is 0 Å². The molecule has 0 aromatic heterocycles. The standard InChI is InChI=1S/C15H16Cl3NO/c16-15(17,18)14(20)19(13-9-5-2-6-10-13)11-12-7-3-1-4-8-12/h1,3-5,7-9,13H,2,6,10-11H2. The van der Waals surface area contributed by atoms with Crippen molar-refractivity contribution in [2.75, 3.05) is 0 Å². The zero-order valence-electron chi connectivity index (χ0n) is 10.9. The number of carbonyl (C=O) groups excluding carboxylic acids is 1. The van der Waals surface area contributed by atoms with Crippen molar-refractivity contribution in [3.63, 3.8) is 0 Å². The zero-order chi connectivity index (χ0) is 14.6. The molecule has 1 amide bonds. The Labute approximate surface area is 134 Å². The molecule has 0 saturated heterocycles. The summed E-state index contributed by atoms with van der Waals surface area (Å²) in [4.78, 5) is 14.0. The summed E-state index contributed by atoms with van der Waals surface area (Å²) in [7, 11) is 0. The second-order valence-electron chi connectivity index (χ2n) is 4.84. The van der Waals surface area contributed by atoms with Gasteiger partial charge in [-0.25, -0.2) is 0 Å². The van der Waals surface area contributed by atoms with Gasteiger partial charge >= 0.3 is 0 Å². The highest BCUT2D eigenvalue weighted by molar-refractivity contribution is 6.76. The summed E-state index contributed by atoms with van der Waals surface area (Å²) in [6.07, 6.45) is 7.09. The molecule has 1 aliphatic carbocycles. The van der Waals surface area contributed by atoms with Crippen LogP contribution in [0.15, 0.2) is 42.5 Å². The summed E-state index contributed by atoms with van der Waals surface area (Å²) in [6, 6.07) is 9.72. The van der Waals surface area contributed by atoms with Crippen molar-refractivity contribution in [2.24, 2.45) is 0 Å². The number of nitrogens with zero attached hydrogens (tertiary/aromatic N) is 1. The third-order valence-electron chi connectivity index (χ3n) is 3.33. The van der Waals surface area contributed by atoms with Crippen LogP contribution in [0.5, 0.6) is 0 Å². The second kappa shape index (κ2) is 6.84. The second-order valence-corrected chi connectivity index (χ2v) is 7.12. The molecule has 0 aliphatic heterocycles. The molecule has 1 aliphatic rings. The highest BCUT2D eigenvalue weighted by atomic mass is 35.6. The van der Waals surface area contributed by atoms with E-state index in [0.29, 0.717) is 6.54 Å². The first kappa shape index (κ1) is 15.7. The van der Waals surface area contributed by atoms with E-state index in [0.717, 1.165) is 24.8 Å². The van der Waals surface area contributed by atoms with Gasteiger partial charge in [0.25, 0.3) is 9.70 Å². The lowest BCUT2D eigenvalue weighted by Crippen LogP contribution is -2.45.